The van der Waals surface area contributed by atoms with E-state index in [1.54, 1.807) is 0 Å². The number of morpholine rings is 1. The van der Waals surface area contributed by atoms with E-state index in [9.17, 15) is 0 Å². The van der Waals surface area contributed by atoms with Crippen LogP contribution in [-0.2, 0) is 4.74 Å². The van der Waals surface area contributed by atoms with Crippen LogP contribution in [-0.4, -0.2) is 74.3 Å². The largest absolute Gasteiger partial charge is 0.379 e. The van der Waals surface area contributed by atoms with Gasteiger partial charge in [-0.15, -0.1) is 0 Å². The molecule has 2 fully saturated rings. The van der Waals surface area contributed by atoms with Crippen LogP contribution in [0.25, 0.3) is 0 Å². The van der Waals surface area contributed by atoms with E-state index >= 15 is 0 Å². The van der Waals surface area contributed by atoms with E-state index in [0.29, 0.717) is 17.4 Å². The van der Waals surface area contributed by atoms with Gasteiger partial charge in [-0.05, 0) is 24.7 Å². The van der Waals surface area contributed by atoms with Crippen molar-refractivity contribution in [1.29, 1.82) is 0 Å². The standard InChI is InChI=1S/C18H36N4O/c1-6-19-17(22-8-7-18(4,5)14-22)20-13-16(15(2)3)21-9-11-23-12-10-21/h15-16H,6-14H2,1-5H3,(H,19,20). The average molecular weight is 325 g/mol. The van der Waals surface area contributed by atoms with Gasteiger partial charge in [-0.3, -0.25) is 9.89 Å². The van der Waals surface area contributed by atoms with Crippen LogP contribution < -0.4 is 5.32 Å². The summed E-state index contributed by atoms with van der Waals surface area (Å²) < 4.78 is 5.50. The second-order valence-corrected chi connectivity index (χ2v) is 7.99. The molecular formula is C18H36N4O. The summed E-state index contributed by atoms with van der Waals surface area (Å²) in [5.74, 6) is 1.70. The lowest BCUT2D eigenvalue weighted by Crippen LogP contribution is -2.48. The Morgan fingerprint density at radius 1 is 1.22 bits per heavy atom. The van der Waals surface area contributed by atoms with Crippen LogP contribution in [0, 0.1) is 11.3 Å². The van der Waals surface area contributed by atoms with Crippen LogP contribution in [0.5, 0.6) is 0 Å². The topological polar surface area (TPSA) is 40.1 Å². The third-order valence-corrected chi connectivity index (χ3v) is 5.02. The zero-order valence-corrected chi connectivity index (χ0v) is 15.8. The van der Waals surface area contributed by atoms with Crippen molar-refractivity contribution >= 4 is 5.96 Å². The van der Waals surface area contributed by atoms with Crippen molar-refractivity contribution in [3.05, 3.63) is 0 Å². The minimum Gasteiger partial charge on any atom is -0.379 e. The predicted molar refractivity (Wildman–Crippen MR) is 97.0 cm³/mol. The fraction of sp³-hybridized carbons (Fsp3) is 0.944. The number of aliphatic imine (C=N–C) groups is 1. The average Bonchev–Trinajstić information content (AvgIpc) is 2.87. The van der Waals surface area contributed by atoms with Gasteiger partial charge in [0.15, 0.2) is 5.96 Å². The molecule has 23 heavy (non-hydrogen) atoms. The number of likely N-dealkylation sites (tertiary alicyclic amines) is 1. The highest BCUT2D eigenvalue weighted by atomic mass is 16.5. The molecule has 0 amide bonds. The summed E-state index contributed by atoms with van der Waals surface area (Å²) in [6, 6.07) is 0.503. The summed E-state index contributed by atoms with van der Waals surface area (Å²) in [6.45, 7) is 19.3. The Morgan fingerprint density at radius 3 is 2.43 bits per heavy atom. The molecule has 1 unspecified atom stereocenters. The van der Waals surface area contributed by atoms with Crippen molar-refractivity contribution in [2.75, 3.05) is 52.5 Å². The van der Waals surface area contributed by atoms with Crippen molar-refractivity contribution in [3.63, 3.8) is 0 Å². The number of guanidine groups is 1. The molecule has 5 heteroatoms. The molecule has 5 nitrogen and oxygen atoms in total. The predicted octanol–water partition coefficient (Wildman–Crippen LogP) is 2.04. The highest BCUT2D eigenvalue weighted by molar-refractivity contribution is 5.80. The third kappa shape index (κ3) is 5.35. The van der Waals surface area contributed by atoms with E-state index in [2.05, 4.69) is 49.7 Å². The van der Waals surface area contributed by atoms with Crippen molar-refractivity contribution in [3.8, 4) is 0 Å². The Morgan fingerprint density at radius 2 is 1.91 bits per heavy atom. The van der Waals surface area contributed by atoms with Gasteiger partial charge in [-0.25, -0.2) is 0 Å². The molecule has 2 aliphatic rings. The Balaban J connectivity index is 2.02. The zero-order chi connectivity index (χ0) is 16.9. The lowest BCUT2D eigenvalue weighted by Gasteiger charge is -2.36. The van der Waals surface area contributed by atoms with Gasteiger partial charge in [0.25, 0.3) is 0 Å². The molecule has 2 rings (SSSR count). The third-order valence-electron chi connectivity index (χ3n) is 5.02. The van der Waals surface area contributed by atoms with Gasteiger partial charge in [0.1, 0.15) is 0 Å². The summed E-state index contributed by atoms with van der Waals surface area (Å²) in [5.41, 5.74) is 0.401. The maximum Gasteiger partial charge on any atom is 0.193 e. The van der Waals surface area contributed by atoms with E-state index in [1.807, 2.05) is 0 Å². The minimum atomic E-state index is 0.401. The number of hydrogen-bond acceptors (Lipinski definition) is 3. The second-order valence-electron chi connectivity index (χ2n) is 7.99. The van der Waals surface area contributed by atoms with Gasteiger partial charge < -0.3 is 15.0 Å². The molecule has 1 N–H and O–H groups in total. The van der Waals surface area contributed by atoms with E-state index in [1.165, 1.54) is 6.42 Å². The van der Waals surface area contributed by atoms with Crippen molar-refractivity contribution in [1.82, 2.24) is 15.1 Å². The maximum atomic E-state index is 5.50. The SMILES string of the molecule is CCNC(=NCC(C(C)C)N1CCOCC1)N1CCC(C)(C)C1. The molecule has 0 saturated carbocycles. The monoisotopic (exact) mass is 324 g/mol. The van der Waals surface area contributed by atoms with Gasteiger partial charge in [0, 0.05) is 38.8 Å². The lowest BCUT2D eigenvalue weighted by molar-refractivity contribution is 0.00863. The number of ether oxygens (including phenoxy) is 1. The van der Waals surface area contributed by atoms with Crippen LogP contribution in [0.1, 0.15) is 41.0 Å². The first-order chi connectivity index (χ1) is 10.9. The van der Waals surface area contributed by atoms with Crippen LogP contribution in [0.15, 0.2) is 4.99 Å². The van der Waals surface area contributed by atoms with Gasteiger partial charge >= 0.3 is 0 Å². The molecule has 1 atom stereocenters. The second kappa shape index (κ2) is 8.34. The lowest BCUT2D eigenvalue weighted by atomic mass is 9.93. The molecule has 0 bridgehead atoms. The summed E-state index contributed by atoms with van der Waals surface area (Å²) in [7, 11) is 0. The fourth-order valence-electron chi connectivity index (χ4n) is 3.56. The molecule has 0 radical (unpaired) electrons. The van der Waals surface area contributed by atoms with Gasteiger partial charge in [-0.2, -0.15) is 0 Å². The van der Waals surface area contributed by atoms with E-state index in [-0.39, 0.29) is 0 Å². The van der Waals surface area contributed by atoms with E-state index < -0.39 is 0 Å². The molecule has 2 aliphatic heterocycles. The first-order valence-corrected chi connectivity index (χ1v) is 9.28. The molecular weight excluding hydrogens is 288 g/mol. The quantitative estimate of drug-likeness (QED) is 0.621. The van der Waals surface area contributed by atoms with Crippen LogP contribution >= 0.6 is 0 Å². The Kier molecular flexibility index (Phi) is 6.72. The van der Waals surface area contributed by atoms with Gasteiger partial charge in [0.2, 0.25) is 0 Å². The van der Waals surface area contributed by atoms with Crippen molar-refractivity contribution in [2.45, 2.75) is 47.1 Å². The van der Waals surface area contributed by atoms with Gasteiger partial charge in [0.05, 0.1) is 19.8 Å². The molecule has 0 aromatic rings. The van der Waals surface area contributed by atoms with Gasteiger partial charge in [-0.1, -0.05) is 27.7 Å². The summed E-state index contributed by atoms with van der Waals surface area (Å²) in [5, 5.41) is 3.49. The van der Waals surface area contributed by atoms with Crippen LogP contribution in [0.3, 0.4) is 0 Å². The Labute approximate surface area is 142 Å². The fourth-order valence-corrected chi connectivity index (χ4v) is 3.56. The molecule has 0 aliphatic carbocycles. The van der Waals surface area contributed by atoms with Crippen molar-refractivity contribution < 1.29 is 4.74 Å². The smallest absolute Gasteiger partial charge is 0.193 e. The minimum absolute atomic E-state index is 0.401. The zero-order valence-electron chi connectivity index (χ0n) is 15.8. The molecule has 2 heterocycles. The summed E-state index contributed by atoms with van der Waals surface area (Å²) >= 11 is 0. The molecule has 0 spiro atoms. The highest BCUT2D eigenvalue weighted by Crippen LogP contribution is 2.28. The molecule has 0 aromatic heterocycles. The molecule has 0 aromatic carbocycles. The first-order valence-electron chi connectivity index (χ1n) is 9.28. The normalized spacial score (nSPS) is 24.3. The van der Waals surface area contributed by atoms with Crippen LogP contribution in [0.4, 0.5) is 0 Å². The maximum absolute atomic E-state index is 5.50. The van der Waals surface area contributed by atoms with E-state index in [0.717, 1.165) is 58.4 Å². The highest BCUT2D eigenvalue weighted by Gasteiger charge is 2.31. The van der Waals surface area contributed by atoms with Crippen LogP contribution in [0.2, 0.25) is 0 Å². The number of rotatable bonds is 5. The Hall–Kier alpha value is -0.810. The first kappa shape index (κ1) is 18.5. The van der Waals surface area contributed by atoms with E-state index in [4.69, 9.17) is 9.73 Å². The summed E-state index contributed by atoms with van der Waals surface area (Å²) in [6.07, 6.45) is 1.24. The number of nitrogens with zero attached hydrogens (tertiary/aromatic N) is 3. The summed E-state index contributed by atoms with van der Waals surface area (Å²) in [4.78, 5) is 9.99. The molecule has 2 saturated heterocycles. The van der Waals surface area contributed by atoms with Crippen molar-refractivity contribution in [2.24, 2.45) is 16.3 Å². The molecule has 134 valence electrons. The number of nitrogens with one attached hydrogen (secondary N) is 1. The number of hydrogen-bond donors (Lipinski definition) is 1. The Bertz CT molecular complexity index is 388.